The van der Waals surface area contributed by atoms with E-state index in [-0.39, 0.29) is 38.2 Å². The van der Waals surface area contributed by atoms with E-state index in [0.717, 1.165) is 5.57 Å². The number of ether oxygens (including phenoxy) is 3. The van der Waals surface area contributed by atoms with Crippen molar-refractivity contribution in [2.24, 2.45) is 28.6 Å². The molecule has 2 aliphatic heterocycles. The van der Waals surface area contributed by atoms with Crippen molar-refractivity contribution in [3.05, 3.63) is 11.6 Å². The molecule has 6 aliphatic rings. The van der Waals surface area contributed by atoms with Gasteiger partial charge >= 0.3 is 5.97 Å². The third-order valence-electron chi connectivity index (χ3n) is 12.2. The standard InChI is InChI=1S/C29H44O12/c1-13-22(34)23(35)24(36)25(40-13)41-15-8-19(32)28(12-30)21-17(3-5-27(28,37)9-15)29(38)6-4-16(14-7-20(33)39-11-14)26(29,2)10-18(21)31/h7,13,15-19,21-25,30-32,34-38H,3-6,8-12H2,1-2H3/t13-,15-,16+,17-,18+,19+,21-,22-,23+,24+,25-,26+,27-,28+,29-/m0/s1. The van der Waals surface area contributed by atoms with Crippen molar-refractivity contribution >= 4 is 5.97 Å². The van der Waals surface area contributed by atoms with Crippen LogP contribution in [-0.4, -0.2) is 120 Å². The summed E-state index contributed by atoms with van der Waals surface area (Å²) in [6.45, 7) is 3.00. The number of hydrogen-bond donors (Lipinski definition) is 8. The summed E-state index contributed by atoms with van der Waals surface area (Å²) in [5.74, 6) is -1.93. The van der Waals surface area contributed by atoms with Gasteiger partial charge in [0.2, 0.25) is 0 Å². The molecule has 12 heteroatoms. The summed E-state index contributed by atoms with van der Waals surface area (Å²) in [6, 6.07) is 0. The molecule has 1 saturated heterocycles. The number of cyclic esters (lactones) is 1. The van der Waals surface area contributed by atoms with E-state index in [2.05, 4.69) is 0 Å². The number of fused-ring (bicyclic) bond motifs is 5. The van der Waals surface area contributed by atoms with Gasteiger partial charge in [0.25, 0.3) is 0 Å². The zero-order valence-corrected chi connectivity index (χ0v) is 23.5. The quantitative estimate of drug-likeness (QED) is 0.140. The molecule has 15 atom stereocenters. The molecule has 0 bridgehead atoms. The molecule has 0 unspecified atom stereocenters. The van der Waals surface area contributed by atoms with Crippen molar-refractivity contribution in [3.8, 4) is 0 Å². The van der Waals surface area contributed by atoms with E-state index in [1.54, 1.807) is 0 Å². The smallest absolute Gasteiger partial charge is 0.331 e. The zero-order chi connectivity index (χ0) is 29.7. The Balaban J connectivity index is 1.28. The molecule has 4 aliphatic carbocycles. The lowest BCUT2D eigenvalue weighted by Gasteiger charge is -2.68. The molecule has 4 saturated carbocycles. The monoisotopic (exact) mass is 584 g/mol. The first-order valence-electron chi connectivity index (χ1n) is 14.9. The minimum atomic E-state index is -1.67. The SMILES string of the molecule is C[C@@H]1O[C@@H](O[C@H]2C[C@@H](O)[C@]3(CO)[C@@H]4[C@H](O)C[C@]5(C)[C@@H](C6=CC(=O)OC6)CC[C@]5(O)[C@H]4CC[C@]3(O)C2)[C@H](O)[C@H](O)[C@H]1O. The molecular formula is C29H44O12. The summed E-state index contributed by atoms with van der Waals surface area (Å²) in [7, 11) is 0. The summed E-state index contributed by atoms with van der Waals surface area (Å²) in [4.78, 5) is 11.8. The molecule has 5 fully saturated rings. The van der Waals surface area contributed by atoms with E-state index in [4.69, 9.17) is 14.2 Å². The van der Waals surface area contributed by atoms with Crippen LogP contribution in [0.1, 0.15) is 58.8 Å². The van der Waals surface area contributed by atoms with E-state index < -0.39 is 95.5 Å². The Kier molecular flexibility index (Phi) is 7.22. The summed E-state index contributed by atoms with van der Waals surface area (Å²) in [6.07, 6.45) is -6.68. The van der Waals surface area contributed by atoms with Gasteiger partial charge < -0.3 is 55.1 Å². The van der Waals surface area contributed by atoms with E-state index in [0.29, 0.717) is 19.3 Å². The maximum absolute atomic E-state index is 12.4. The highest BCUT2D eigenvalue weighted by atomic mass is 16.7. The van der Waals surface area contributed by atoms with Crippen LogP contribution >= 0.6 is 0 Å². The van der Waals surface area contributed by atoms with Crippen molar-refractivity contribution in [1.82, 2.24) is 0 Å². The normalized spacial score (nSPS) is 56.9. The molecule has 0 aromatic carbocycles. The number of carbonyl (C=O) groups is 1. The van der Waals surface area contributed by atoms with E-state index in [9.17, 15) is 45.6 Å². The molecule has 0 radical (unpaired) electrons. The van der Waals surface area contributed by atoms with Crippen LogP contribution in [0, 0.1) is 28.6 Å². The van der Waals surface area contributed by atoms with Crippen LogP contribution in [0.25, 0.3) is 0 Å². The van der Waals surface area contributed by atoms with Crippen LogP contribution in [0.2, 0.25) is 0 Å². The molecular weight excluding hydrogens is 540 g/mol. The Morgan fingerprint density at radius 3 is 2.41 bits per heavy atom. The van der Waals surface area contributed by atoms with Gasteiger partial charge in [0.15, 0.2) is 6.29 Å². The Morgan fingerprint density at radius 2 is 1.76 bits per heavy atom. The van der Waals surface area contributed by atoms with Gasteiger partial charge in [-0.1, -0.05) is 6.92 Å². The van der Waals surface area contributed by atoms with Crippen molar-refractivity contribution in [2.75, 3.05) is 13.2 Å². The lowest BCUT2D eigenvalue weighted by molar-refractivity contribution is -0.342. The number of carbonyl (C=O) groups excluding carboxylic acids is 1. The van der Waals surface area contributed by atoms with Gasteiger partial charge in [-0.2, -0.15) is 0 Å². The molecule has 2 heterocycles. The Labute approximate surface area is 238 Å². The average molecular weight is 585 g/mol. The average Bonchev–Trinajstić information content (AvgIpc) is 3.45. The third-order valence-corrected chi connectivity index (χ3v) is 12.2. The summed E-state index contributed by atoms with van der Waals surface area (Å²) < 4.78 is 16.7. The Morgan fingerprint density at radius 1 is 1.02 bits per heavy atom. The second kappa shape index (κ2) is 9.91. The van der Waals surface area contributed by atoms with Gasteiger partial charge in [0.1, 0.15) is 24.9 Å². The van der Waals surface area contributed by atoms with Gasteiger partial charge in [-0.05, 0) is 56.4 Å². The van der Waals surface area contributed by atoms with E-state index in [1.807, 2.05) is 6.92 Å². The van der Waals surface area contributed by atoms with Crippen LogP contribution < -0.4 is 0 Å². The molecule has 6 rings (SSSR count). The van der Waals surface area contributed by atoms with E-state index in [1.165, 1.54) is 13.0 Å². The van der Waals surface area contributed by atoms with E-state index >= 15 is 0 Å². The maximum Gasteiger partial charge on any atom is 0.331 e. The fraction of sp³-hybridized carbons (Fsp3) is 0.897. The first-order valence-corrected chi connectivity index (χ1v) is 14.9. The first-order chi connectivity index (χ1) is 19.2. The van der Waals surface area contributed by atoms with Gasteiger partial charge in [-0.25, -0.2) is 4.79 Å². The summed E-state index contributed by atoms with van der Waals surface area (Å²) in [5.41, 5.74) is -4.46. The fourth-order valence-corrected chi connectivity index (χ4v) is 10.1. The predicted octanol–water partition coefficient (Wildman–Crippen LogP) is -1.51. The minimum absolute atomic E-state index is 0.0369. The van der Waals surface area contributed by atoms with Crippen LogP contribution in [0.15, 0.2) is 11.6 Å². The minimum Gasteiger partial charge on any atom is -0.458 e. The zero-order valence-electron chi connectivity index (χ0n) is 23.5. The Hall–Kier alpha value is -1.19. The van der Waals surface area contributed by atoms with Crippen LogP contribution in [-0.2, 0) is 19.0 Å². The lowest BCUT2D eigenvalue weighted by Crippen LogP contribution is -2.76. The summed E-state index contributed by atoms with van der Waals surface area (Å²) in [5, 5.41) is 89.6. The largest absolute Gasteiger partial charge is 0.458 e. The number of esters is 1. The van der Waals surface area contributed by atoms with Crippen LogP contribution in [0.5, 0.6) is 0 Å². The third kappa shape index (κ3) is 3.99. The molecule has 0 amide bonds. The maximum atomic E-state index is 12.4. The topological polar surface area (TPSA) is 207 Å². The lowest BCUT2D eigenvalue weighted by atomic mass is 9.40. The highest BCUT2D eigenvalue weighted by Gasteiger charge is 2.75. The molecule has 0 aromatic heterocycles. The molecule has 0 spiro atoms. The molecule has 0 aromatic rings. The van der Waals surface area contributed by atoms with Gasteiger partial charge in [0, 0.05) is 30.3 Å². The number of aliphatic hydroxyl groups excluding tert-OH is 6. The van der Waals surface area contributed by atoms with Crippen molar-refractivity contribution < 1.29 is 59.9 Å². The van der Waals surface area contributed by atoms with Gasteiger partial charge in [-0.3, -0.25) is 0 Å². The van der Waals surface area contributed by atoms with Crippen molar-refractivity contribution in [3.63, 3.8) is 0 Å². The summed E-state index contributed by atoms with van der Waals surface area (Å²) >= 11 is 0. The van der Waals surface area contributed by atoms with Gasteiger partial charge in [0.05, 0.1) is 47.6 Å². The highest BCUT2D eigenvalue weighted by molar-refractivity contribution is 5.85. The number of rotatable bonds is 4. The Bertz CT molecular complexity index is 1080. The predicted molar refractivity (Wildman–Crippen MR) is 139 cm³/mol. The highest BCUT2D eigenvalue weighted by Crippen LogP contribution is 2.70. The molecule has 8 N–H and O–H groups in total. The second-order valence-electron chi connectivity index (χ2n) is 13.8. The fourth-order valence-electron chi connectivity index (χ4n) is 10.1. The molecule has 232 valence electrons. The second-order valence-corrected chi connectivity index (χ2v) is 13.8. The number of aliphatic hydroxyl groups is 8. The van der Waals surface area contributed by atoms with Gasteiger partial charge in [-0.15, -0.1) is 0 Å². The number of hydrogen-bond acceptors (Lipinski definition) is 12. The first kappa shape index (κ1) is 29.9. The van der Waals surface area contributed by atoms with Crippen LogP contribution in [0.3, 0.4) is 0 Å². The molecule has 41 heavy (non-hydrogen) atoms. The van der Waals surface area contributed by atoms with Crippen molar-refractivity contribution in [1.29, 1.82) is 0 Å². The van der Waals surface area contributed by atoms with Crippen molar-refractivity contribution in [2.45, 2.75) is 119 Å². The molecule has 12 nitrogen and oxygen atoms in total. The van der Waals surface area contributed by atoms with Crippen LogP contribution in [0.4, 0.5) is 0 Å².